The molecule has 0 saturated carbocycles. The first-order chi connectivity index (χ1) is 12.1. The lowest BCUT2D eigenvalue weighted by Crippen LogP contribution is -2.19. The SMILES string of the molecule is Cc1cccc(NC(=O)Nc2ccc(Nc3ccc(C)nn3)cc2)c1. The zero-order chi connectivity index (χ0) is 17.6. The van der Waals surface area contributed by atoms with Gasteiger partial charge >= 0.3 is 6.03 Å². The Morgan fingerprint density at radius 3 is 2.20 bits per heavy atom. The smallest absolute Gasteiger partial charge is 0.323 e. The van der Waals surface area contributed by atoms with E-state index in [0.29, 0.717) is 11.5 Å². The second-order valence-corrected chi connectivity index (χ2v) is 5.71. The first-order valence-corrected chi connectivity index (χ1v) is 7.90. The van der Waals surface area contributed by atoms with Gasteiger partial charge in [0.15, 0.2) is 5.82 Å². The number of nitrogens with zero attached hydrogens (tertiary/aromatic N) is 2. The van der Waals surface area contributed by atoms with E-state index < -0.39 is 0 Å². The molecule has 6 heteroatoms. The van der Waals surface area contributed by atoms with Crippen LogP contribution in [-0.4, -0.2) is 16.2 Å². The van der Waals surface area contributed by atoms with Crippen molar-refractivity contribution in [2.75, 3.05) is 16.0 Å². The molecule has 0 aliphatic rings. The molecule has 2 aromatic carbocycles. The van der Waals surface area contributed by atoms with Crippen LogP contribution in [0.3, 0.4) is 0 Å². The molecule has 25 heavy (non-hydrogen) atoms. The lowest BCUT2D eigenvalue weighted by molar-refractivity contribution is 0.262. The fourth-order valence-electron chi connectivity index (χ4n) is 2.27. The predicted molar refractivity (Wildman–Crippen MR) is 100 cm³/mol. The topological polar surface area (TPSA) is 78.9 Å². The average Bonchev–Trinajstić information content (AvgIpc) is 2.59. The number of nitrogens with one attached hydrogen (secondary N) is 3. The summed E-state index contributed by atoms with van der Waals surface area (Å²) in [4.78, 5) is 12.0. The summed E-state index contributed by atoms with van der Waals surface area (Å²) in [5.74, 6) is 0.670. The molecule has 0 bridgehead atoms. The van der Waals surface area contributed by atoms with Gasteiger partial charge in [0.05, 0.1) is 5.69 Å². The molecular weight excluding hydrogens is 314 g/mol. The van der Waals surface area contributed by atoms with E-state index in [9.17, 15) is 4.79 Å². The molecule has 126 valence electrons. The first-order valence-electron chi connectivity index (χ1n) is 7.90. The number of hydrogen-bond donors (Lipinski definition) is 3. The second-order valence-electron chi connectivity index (χ2n) is 5.71. The zero-order valence-corrected chi connectivity index (χ0v) is 14.1. The molecule has 6 nitrogen and oxygen atoms in total. The van der Waals surface area contributed by atoms with E-state index >= 15 is 0 Å². The van der Waals surface area contributed by atoms with E-state index in [4.69, 9.17) is 0 Å². The molecule has 3 rings (SSSR count). The summed E-state index contributed by atoms with van der Waals surface area (Å²) in [6, 6.07) is 18.5. The lowest BCUT2D eigenvalue weighted by Gasteiger charge is -2.09. The highest BCUT2D eigenvalue weighted by molar-refractivity contribution is 5.99. The van der Waals surface area contributed by atoms with E-state index in [1.807, 2.05) is 74.5 Å². The molecule has 0 atom stereocenters. The highest BCUT2D eigenvalue weighted by Gasteiger charge is 2.03. The van der Waals surface area contributed by atoms with Gasteiger partial charge < -0.3 is 16.0 Å². The van der Waals surface area contributed by atoms with Crippen molar-refractivity contribution in [1.29, 1.82) is 0 Å². The van der Waals surface area contributed by atoms with Crippen LogP contribution in [0, 0.1) is 13.8 Å². The second kappa shape index (κ2) is 7.44. The van der Waals surface area contributed by atoms with Crippen molar-refractivity contribution in [2.45, 2.75) is 13.8 Å². The Kier molecular flexibility index (Phi) is 4.89. The molecule has 2 amide bonds. The molecule has 0 unspecified atom stereocenters. The summed E-state index contributed by atoms with van der Waals surface area (Å²) >= 11 is 0. The zero-order valence-electron chi connectivity index (χ0n) is 14.1. The van der Waals surface area contributed by atoms with Crippen LogP contribution in [0.15, 0.2) is 60.7 Å². The molecule has 3 aromatic rings. The van der Waals surface area contributed by atoms with E-state index in [2.05, 4.69) is 26.1 Å². The molecule has 1 aromatic heterocycles. The summed E-state index contributed by atoms with van der Waals surface area (Å²) < 4.78 is 0. The monoisotopic (exact) mass is 333 g/mol. The van der Waals surface area contributed by atoms with Crippen molar-refractivity contribution in [3.8, 4) is 0 Å². The number of rotatable bonds is 4. The third-order valence-corrected chi connectivity index (χ3v) is 3.49. The summed E-state index contributed by atoms with van der Waals surface area (Å²) in [6.07, 6.45) is 0. The largest absolute Gasteiger partial charge is 0.339 e. The van der Waals surface area contributed by atoms with Crippen LogP contribution in [0.5, 0.6) is 0 Å². The fraction of sp³-hybridized carbons (Fsp3) is 0.105. The van der Waals surface area contributed by atoms with Gasteiger partial charge in [-0.15, -0.1) is 5.10 Å². The number of anilines is 4. The van der Waals surface area contributed by atoms with Crippen LogP contribution in [-0.2, 0) is 0 Å². The molecule has 0 aliphatic carbocycles. The molecule has 1 heterocycles. The van der Waals surface area contributed by atoms with Gasteiger partial charge in [0.1, 0.15) is 0 Å². The maximum Gasteiger partial charge on any atom is 0.323 e. The Balaban J connectivity index is 1.58. The Bertz CT molecular complexity index is 860. The maximum atomic E-state index is 12.0. The quantitative estimate of drug-likeness (QED) is 0.657. The van der Waals surface area contributed by atoms with Crippen molar-refractivity contribution in [3.63, 3.8) is 0 Å². The van der Waals surface area contributed by atoms with Gasteiger partial charge in [0.2, 0.25) is 0 Å². The van der Waals surface area contributed by atoms with Crippen molar-refractivity contribution >= 4 is 28.9 Å². The molecule has 0 saturated heterocycles. The Hall–Kier alpha value is -3.41. The summed E-state index contributed by atoms with van der Waals surface area (Å²) in [5, 5.41) is 16.8. The Labute approximate surface area is 146 Å². The van der Waals surface area contributed by atoms with Crippen molar-refractivity contribution in [2.24, 2.45) is 0 Å². The lowest BCUT2D eigenvalue weighted by atomic mass is 10.2. The standard InChI is InChI=1S/C19H19N5O/c1-13-4-3-5-17(12-13)22-19(25)21-16-9-7-15(8-10-16)20-18-11-6-14(2)23-24-18/h3-12H,1-2H3,(H,20,24)(H2,21,22,25). The number of aryl methyl sites for hydroxylation is 2. The predicted octanol–water partition coefficient (Wildman–Crippen LogP) is 4.48. The molecule has 3 N–H and O–H groups in total. The number of amides is 2. The molecular formula is C19H19N5O. The Morgan fingerprint density at radius 2 is 1.52 bits per heavy atom. The molecule has 0 spiro atoms. The summed E-state index contributed by atoms with van der Waals surface area (Å²) in [6.45, 7) is 3.87. The van der Waals surface area contributed by atoms with Crippen LogP contribution in [0.25, 0.3) is 0 Å². The minimum Gasteiger partial charge on any atom is -0.339 e. The van der Waals surface area contributed by atoms with Crippen LogP contribution < -0.4 is 16.0 Å². The van der Waals surface area contributed by atoms with E-state index in [0.717, 1.165) is 22.6 Å². The van der Waals surface area contributed by atoms with Crippen molar-refractivity contribution in [3.05, 3.63) is 71.9 Å². The highest BCUT2D eigenvalue weighted by atomic mass is 16.2. The third-order valence-electron chi connectivity index (χ3n) is 3.49. The number of carbonyl (C=O) groups is 1. The average molecular weight is 333 g/mol. The number of carbonyl (C=O) groups excluding carboxylic acids is 1. The van der Waals surface area contributed by atoms with Gasteiger partial charge in [-0.3, -0.25) is 0 Å². The molecule has 0 aliphatic heterocycles. The number of hydrogen-bond acceptors (Lipinski definition) is 4. The van der Waals surface area contributed by atoms with E-state index in [-0.39, 0.29) is 6.03 Å². The van der Waals surface area contributed by atoms with Gasteiger partial charge in [-0.2, -0.15) is 5.10 Å². The maximum absolute atomic E-state index is 12.0. The Morgan fingerprint density at radius 1 is 0.800 bits per heavy atom. The number of urea groups is 1. The van der Waals surface area contributed by atoms with Gasteiger partial charge in [0.25, 0.3) is 0 Å². The normalized spacial score (nSPS) is 10.2. The van der Waals surface area contributed by atoms with Crippen molar-refractivity contribution in [1.82, 2.24) is 10.2 Å². The van der Waals surface area contributed by atoms with Gasteiger partial charge in [0, 0.05) is 17.1 Å². The summed E-state index contributed by atoms with van der Waals surface area (Å²) in [7, 11) is 0. The van der Waals surface area contributed by atoms with Crippen LogP contribution in [0.1, 0.15) is 11.3 Å². The van der Waals surface area contributed by atoms with Crippen LogP contribution in [0.2, 0.25) is 0 Å². The first kappa shape index (κ1) is 16.4. The highest BCUT2D eigenvalue weighted by Crippen LogP contribution is 2.18. The van der Waals surface area contributed by atoms with E-state index in [1.165, 1.54) is 0 Å². The summed E-state index contributed by atoms with van der Waals surface area (Å²) in [5.41, 5.74) is 4.28. The fourth-order valence-corrected chi connectivity index (χ4v) is 2.27. The third kappa shape index (κ3) is 4.78. The minimum atomic E-state index is -0.282. The van der Waals surface area contributed by atoms with Gasteiger partial charge in [-0.1, -0.05) is 12.1 Å². The van der Waals surface area contributed by atoms with Crippen LogP contribution >= 0.6 is 0 Å². The van der Waals surface area contributed by atoms with Crippen LogP contribution in [0.4, 0.5) is 27.7 Å². The molecule has 0 fully saturated rings. The number of benzene rings is 2. The minimum absolute atomic E-state index is 0.282. The molecule has 0 radical (unpaired) electrons. The van der Waals surface area contributed by atoms with Gasteiger partial charge in [-0.25, -0.2) is 4.79 Å². The van der Waals surface area contributed by atoms with Crippen molar-refractivity contribution < 1.29 is 4.79 Å². The number of aromatic nitrogens is 2. The van der Waals surface area contributed by atoms with E-state index in [1.54, 1.807) is 0 Å². The van der Waals surface area contributed by atoms with Gasteiger partial charge in [-0.05, 0) is 67.9 Å².